The Balaban J connectivity index is 1.71. The number of anilines is 3. The minimum absolute atomic E-state index is 0.104. The van der Waals surface area contributed by atoms with Gasteiger partial charge in [0.15, 0.2) is 17.0 Å². The fraction of sp³-hybridized carbons (Fsp3) is 0.400. The highest BCUT2D eigenvalue weighted by Gasteiger charge is 2.23. The summed E-state index contributed by atoms with van der Waals surface area (Å²) >= 11 is 0. The molecule has 1 fully saturated rings. The second-order valence-electron chi connectivity index (χ2n) is 7.12. The third-order valence-corrected chi connectivity index (χ3v) is 5.19. The van der Waals surface area contributed by atoms with Crippen molar-refractivity contribution in [2.75, 3.05) is 10.6 Å². The zero-order valence-corrected chi connectivity index (χ0v) is 15.9. The van der Waals surface area contributed by atoms with Crippen LogP contribution in [-0.2, 0) is 6.54 Å². The van der Waals surface area contributed by atoms with Crippen molar-refractivity contribution in [3.8, 4) is 6.07 Å². The molecule has 1 aliphatic carbocycles. The van der Waals surface area contributed by atoms with Crippen LogP contribution in [0.5, 0.6) is 0 Å². The third kappa shape index (κ3) is 3.62. The second-order valence-corrected chi connectivity index (χ2v) is 7.12. The summed E-state index contributed by atoms with van der Waals surface area (Å²) in [6, 6.07) is 9.72. The number of nitriles is 1. The molecule has 2 atom stereocenters. The summed E-state index contributed by atoms with van der Waals surface area (Å²) in [4.78, 5) is 13.9. The van der Waals surface area contributed by atoms with E-state index in [0.29, 0.717) is 22.8 Å². The van der Waals surface area contributed by atoms with E-state index in [9.17, 15) is 0 Å². The highest BCUT2D eigenvalue weighted by molar-refractivity contribution is 5.86. The van der Waals surface area contributed by atoms with Crippen molar-refractivity contribution in [2.24, 2.45) is 5.73 Å². The van der Waals surface area contributed by atoms with E-state index >= 15 is 0 Å². The van der Waals surface area contributed by atoms with Crippen LogP contribution in [0.2, 0.25) is 0 Å². The number of nitrogens with one attached hydrogen (secondary N) is 2. The van der Waals surface area contributed by atoms with Crippen molar-refractivity contribution >= 4 is 28.6 Å². The van der Waals surface area contributed by atoms with Gasteiger partial charge in [0.05, 0.1) is 18.0 Å². The summed E-state index contributed by atoms with van der Waals surface area (Å²) in [5, 5.41) is 15.9. The van der Waals surface area contributed by atoms with Crippen LogP contribution in [0.25, 0.3) is 11.2 Å². The molecule has 0 bridgehead atoms. The first-order chi connectivity index (χ1) is 13.7. The number of imidazole rings is 1. The van der Waals surface area contributed by atoms with E-state index in [1.807, 2.05) is 16.7 Å². The summed E-state index contributed by atoms with van der Waals surface area (Å²) in [5.74, 6) is 1.16. The molecular formula is C20H24N8. The summed E-state index contributed by atoms with van der Waals surface area (Å²) in [6.45, 7) is 2.82. The van der Waals surface area contributed by atoms with Crippen LogP contribution in [0.1, 0.15) is 38.2 Å². The van der Waals surface area contributed by atoms with Gasteiger partial charge in [-0.1, -0.05) is 18.9 Å². The Hall–Kier alpha value is -3.18. The first-order valence-electron chi connectivity index (χ1n) is 9.70. The first-order valence-corrected chi connectivity index (χ1v) is 9.70. The molecule has 0 spiro atoms. The minimum atomic E-state index is 0.104. The van der Waals surface area contributed by atoms with E-state index in [0.717, 1.165) is 37.1 Å². The number of aryl methyl sites for hydroxylation is 1. The van der Waals surface area contributed by atoms with Gasteiger partial charge in [0, 0.05) is 24.3 Å². The number of nitrogens with zero attached hydrogens (tertiary/aromatic N) is 5. The molecule has 2 heterocycles. The van der Waals surface area contributed by atoms with Gasteiger partial charge in [0.1, 0.15) is 0 Å². The largest absolute Gasteiger partial charge is 0.350 e. The molecule has 0 aliphatic heterocycles. The molecule has 0 amide bonds. The molecule has 3 aromatic rings. The molecule has 8 heteroatoms. The second kappa shape index (κ2) is 7.82. The fourth-order valence-corrected chi connectivity index (χ4v) is 3.64. The monoisotopic (exact) mass is 376 g/mol. The molecule has 2 aromatic heterocycles. The maximum Gasteiger partial charge on any atom is 0.227 e. The van der Waals surface area contributed by atoms with Gasteiger partial charge in [-0.15, -0.1) is 0 Å². The Morgan fingerprint density at radius 2 is 2.14 bits per heavy atom. The van der Waals surface area contributed by atoms with Crippen molar-refractivity contribution in [3.05, 3.63) is 36.2 Å². The lowest BCUT2D eigenvalue weighted by atomic mass is 9.91. The van der Waals surface area contributed by atoms with Gasteiger partial charge in [0.25, 0.3) is 0 Å². The van der Waals surface area contributed by atoms with Gasteiger partial charge >= 0.3 is 0 Å². The first kappa shape index (κ1) is 18.2. The highest BCUT2D eigenvalue weighted by Crippen LogP contribution is 2.26. The van der Waals surface area contributed by atoms with Crippen molar-refractivity contribution < 1.29 is 0 Å². The van der Waals surface area contributed by atoms with Crippen molar-refractivity contribution in [1.82, 2.24) is 19.5 Å². The van der Waals surface area contributed by atoms with Gasteiger partial charge in [-0.05, 0) is 38.0 Å². The predicted molar refractivity (Wildman–Crippen MR) is 109 cm³/mol. The smallest absolute Gasteiger partial charge is 0.227 e. The number of hydrogen-bond donors (Lipinski definition) is 3. The van der Waals surface area contributed by atoms with Crippen LogP contribution < -0.4 is 16.4 Å². The molecule has 0 radical (unpaired) electrons. The average molecular weight is 376 g/mol. The average Bonchev–Trinajstić information content (AvgIpc) is 3.13. The molecule has 2 unspecified atom stereocenters. The SMILES string of the molecule is CCn1cnc2c(Nc3cccc(C#N)c3)nc(NC3CCCCC3N)nc21. The van der Waals surface area contributed by atoms with Crippen LogP contribution >= 0.6 is 0 Å². The summed E-state index contributed by atoms with van der Waals surface area (Å²) in [7, 11) is 0. The topological polar surface area (TPSA) is 117 Å². The molecule has 1 saturated carbocycles. The van der Waals surface area contributed by atoms with Crippen LogP contribution in [0.4, 0.5) is 17.5 Å². The van der Waals surface area contributed by atoms with Crippen molar-refractivity contribution in [1.29, 1.82) is 5.26 Å². The summed E-state index contributed by atoms with van der Waals surface area (Å²) in [6.07, 6.45) is 6.13. The standard InChI is InChI=1S/C20H24N8/c1-2-28-12-23-17-18(24-14-7-5-6-13(10-14)11-21)26-20(27-19(17)28)25-16-9-4-3-8-15(16)22/h5-7,10,12,15-16H,2-4,8-9,22H2,1H3,(H2,24,25,26,27). The maximum absolute atomic E-state index is 9.15. The lowest BCUT2D eigenvalue weighted by Crippen LogP contribution is -2.43. The molecule has 28 heavy (non-hydrogen) atoms. The normalized spacial score (nSPS) is 19.3. The third-order valence-electron chi connectivity index (χ3n) is 5.19. The maximum atomic E-state index is 9.15. The fourth-order valence-electron chi connectivity index (χ4n) is 3.64. The Morgan fingerprint density at radius 1 is 1.29 bits per heavy atom. The molecule has 4 N–H and O–H groups in total. The number of nitrogens with two attached hydrogens (primary N) is 1. The lowest BCUT2D eigenvalue weighted by Gasteiger charge is -2.29. The Kier molecular flexibility index (Phi) is 5.08. The molecule has 4 rings (SSSR count). The Labute approximate surface area is 163 Å². The van der Waals surface area contributed by atoms with E-state index in [4.69, 9.17) is 16.0 Å². The van der Waals surface area contributed by atoms with Crippen molar-refractivity contribution in [2.45, 2.75) is 51.2 Å². The number of rotatable bonds is 5. The van der Waals surface area contributed by atoms with Gasteiger partial charge in [-0.2, -0.15) is 15.2 Å². The number of hydrogen-bond acceptors (Lipinski definition) is 7. The van der Waals surface area contributed by atoms with E-state index in [-0.39, 0.29) is 12.1 Å². The van der Waals surface area contributed by atoms with Crippen LogP contribution in [0, 0.1) is 11.3 Å². The zero-order chi connectivity index (χ0) is 19.5. The van der Waals surface area contributed by atoms with Crippen molar-refractivity contribution in [3.63, 3.8) is 0 Å². The number of aromatic nitrogens is 4. The molecule has 1 aliphatic rings. The molecule has 8 nitrogen and oxygen atoms in total. The van der Waals surface area contributed by atoms with Crippen LogP contribution in [0.15, 0.2) is 30.6 Å². The number of benzene rings is 1. The van der Waals surface area contributed by atoms with E-state index < -0.39 is 0 Å². The van der Waals surface area contributed by atoms with Crippen LogP contribution in [0.3, 0.4) is 0 Å². The van der Waals surface area contributed by atoms with E-state index in [2.05, 4.69) is 33.6 Å². The number of fused-ring (bicyclic) bond motifs is 1. The summed E-state index contributed by atoms with van der Waals surface area (Å²) < 4.78 is 1.99. The van der Waals surface area contributed by atoms with E-state index in [1.54, 1.807) is 18.5 Å². The van der Waals surface area contributed by atoms with Gasteiger partial charge in [-0.25, -0.2) is 4.98 Å². The Morgan fingerprint density at radius 3 is 2.93 bits per heavy atom. The van der Waals surface area contributed by atoms with Gasteiger partial charge < -0.3 is 20.9 Å². The van der Waals surface area contributed by atoms with Gasteiger partial charge in [-0.3, -0.25) is 0 Å². The minimum Gasteiger partial charge on any atom is -0.350 e. The summed E-state index contributed by atoms with van der Waals surface area (Å²) in [5.41, 5.74) is 9.12. The Bertz CT molecular complexity index is 1020. The lowest BCUT2D eigenvalue weighted by molar-refractivity contribution is 0.402. The van der Waals surface area contributed by atoms with Gasteiger partial charge in [0.2, 0.25) is 5.95 Å². The zero-order valence-electron chi connectivity index (χ0n) is 15.9. The molecule has 144 valence electrons. The molecular weight excluding hydrogens is 352 g/mol. The highest BCUT2D eigenvalue weighted by atomic mass is 15.2. The quantitative estimate of drug-likeness (QED) is 0.626. The van der Waals surface area contributed by atoms with Crippen LogP contribution in [-0.4, -0.2) is 31.6 Å². The molecule has 1 aromatic carbocycles. The molecule has 0 saturated heterocycles. The predicted octanol–water partition coefficient (Wildman–Crippen LogP) is 3.14. The van der Waals surface area contributed by atoms with E-state index in [1.165, 1.54) is 6.42 Å².